The Hall–Kier alpha value is -2.95. The number of benzene rings is 1. The fourth-order valence-corrected chi connectivity index (χ4v) is 3.65. The molecule has 5 nitrogen and oxygen atoms in total. The van der Waals surface area contributed by atoms with Crippen LogP contribution < -0.4 is 9.47 Å². The molecule has 0 bridgehead atoms. The first kappa shape index (κ1) is 18.8. The van der Waals surface area contributed by atoms with Gasteiger partial charge in [0, 0.05) is 5.38 Å². The Morgan fingerprint density at radius 2 is 2.15 bits per heavy atom. The second-order valence-corrected chi connectivity index (χ2v) is 7.54. The third-order valence-electron chi connectivity index (χ3n) is 3.65. The van der Waals surface area contributed by atoms with Crippen LogP contribution in [0.3, 0.4) is 0 Å². The van der Waals surface area contributed by atoms with Gasteiger partial charge in [-0.1, -0.05) is 12.1 Å². The number of aromatic nitrogens is 1. The van der Waals surface area contributed by atoms with Crippen molar-refractivity contribution in [3.8, 4) is 17.6 Å². The van der Waals surface area contributed by atoms with Crippen molar-refractivity contribution in [2.75, 3.05) is 7.11 Å². The number of Topliss-reactive ketones (excluding diaryl/α,β-unsaturated/α-hetero) is 1. The van der Waals surface area contributed by atoms with E-state index in [-0.39, 0.29) is 11.4 Å². The van der Waals surface area contributed by atoms with Crippen molar-refractivity contribution in [3.63, 3.8) is 0 Å². The van der Waals surface area contributed by atoms with Gasteiger partial charge in [-0.25, -0.2) is 4.98 Å². The van der Waals surface area contributed by atoms with Crippen molar-refractivity contribution < 1.29 is 14.3 Å². The number of carbonyl (C=O) groups is 1. The summed E-state index contributed by atoms with van der Waals surface area (Å²) in [6.07, 6.45) is 1.55. The molecule has 0 N–H and O–H groups in total. The van der Waals surface area contributed by atoms with E-state index in [1.54, 1.807) is 60.2 Å². The van der Waals surface area contributed by atoms with Crippen LogP contribution in [0.1, 0.15) is 25.9 Å². The molecule has 0 aliphatic heterocycles. The van der Waals surface area contributed by atoms with Gasteiger partial charge in [-0.05, 0) is 42.1 Å². The molecule has 0 aliphatic rings. The lowest BCUT2D eigenvalue weighted by Gasteiger charge is -2.10. The zero-order chi connectivity index (χ0) is 19.2. The number of ketones is 1. The minimum absolute atomic E-state index is 0.0751. The number of thiazole rings is 1. The maximum atomic E-state index is 12.4. The third-order valence-corrected chi connectivity index (χ3v) is 5.34. The van der Waals surface area contributed by atoms with Gasteiger partial charge in [0.2, 0.25) is 5.78 Å². The van der Waals surface area contributed by atoms with Gasteiger partial charge in [-0.2, -0.15) is 5.26 Å². The summed E-state index contributed by atoms with van der Waals surface area (Å²) in [6, 6.07) is 10.7. The van der Waals surface area contributed by atoms with Gasteiger partial charge in [0.15, 0.2) is 11.5 Å². The van der Waals surface area contributed by atoms with Crippen LogP contribution in [-0.2, 0) is 6.61 Å². The molecule has 7 heteroatoms. The zero-order valence-electron chi connectivity index (χ0n) is 14.8. The number of nitrogens with zero attached hydrogens (tertiary/aromatic N) is 2. The Balaban J connectivity index is 1.80. The van der Waals surface area contributed by atoms with Crippen LogP contribution in [0.25, 0.3) is 6.08 Å². The molecule has 0 spiro atoms. The van der Waals surface area contributed by atoms with Crippen molar-refractivity contribution in [2.45, 2.75) is 13.5 Å². The number of nitriles is 1. The van der Waals surface area contributed by atoms with E-state index in [0.717, 1.165) is 10.7 Å². The van der Waals surface area contributed by atoms with Crippen LogP contribution in [0.4, 0.5) is 0 Å². The van der Waals surface area contributed by atoms with Gasteiger partial charge in [-0.15, -0.1) is 22.7 Å². The molecule has 2 heterocycles. The lowest BCUT2D eigenvalue weighted by atomic mass is 10.1. The van der Waals surface area contributed by atoms with Gasteiger partial charge >= 0.3 is 0 Å². The number of hydrogen-bond acceptors (Lipinski definition) is 7. The summed E-state index contributed by atoms with van der Waals surface area (Å²) in [5.41, 5.74) is 1.62. The zero-order valence-corrected chi connectivity index (χ0v) is 16.4. The molecule has 27 heavy (non-hydrogen) atoms. The standard InChI is InChI=1S/C20H16N2O3S2/c1-13-22-16(12-27-13)11-25-17-6-5-14(9-18(17)24-2)8-15(10-21)20(23)19-4-3-7-26-19/h3-9,12H,11H2,1-2H3/b15-8+. The summed E-state index contributed by atoms with van der Waals surface area (Å²) in [5, 5.41) is 14.1. The predicted octanol–water partition coefficient (Wildman–Crippen LogP) is 4.89. The Bertz CT molecular complexity index is 1010. The summed E-state index contributed by atoms with van der Waals surface area (Å²) < 4.78 is 11.2. The molecule has 0 aliphatic carbocycles. The Labute approximate surface area is 165 Å². The smallest absolute Gasteiger partial charge is 0.213 e. The molecule has 0 amide bonds. The predicted molar refractivity (Wildman–Crippen MR) is 106 cm³/mol. The summed E-state index contributed by atoms with van der Waals surface area (Å²) in [4.78, 5) is 17.3. The summed E-state index contributed by atoms with van der Waals surface area (Å²) in [7, 11) is 1.55. The van der Waals surface area contributed by atoms with Gasteiger partial charge < -0.3 is 9.47 Å². The largest absolute Gasteiger partial charge is 0.493 e. The van der Waals surface area contributed by atoms with Gasteiger partial charge in [0.25, 0.3) is 0 Å². The van der Waals surface area contributed by atoms with Crippen LogP contribution in [0.15, 0.2) is 46.7 Å². The van der Waals surface area contributed by atoms with Crippen LogP contribution in [0, 0.1) is 18.3 Å². The van der Waals surface area contributed by atoms with Crippen LogP contribution in [0.2, 0.25) is 0 Å². The molecule has 0 saturated heterocycles. The second kappa shape index (κ2) is 8.62. The number of aryl methyl sites for hydroxylation is 1. The molecule has 1 aromatic carbocycles. The highest BCUT2D eigenvalue weighted by Crippen LogP contribution is 2.30. The van der Waals surface area contributed by atoms with Crippen molar-refractivity contribution in [1.29, 1.82) is 5.26 Å². The van der Waals surface area contributed by atoms with E-state index in [0.29, 0.717) is 28.5 Å². The minimum Gasteiger partial charge on any atom is -0.493 e. The lowest BCUT2D eigenvalue weighted by molar-refractivity contribution is 0.104. The molecule has 136 valence electrons. The van der Waals surface area contributed by atoms with E-state index >= 15 is 0 Å². The number of allylic oxidation sites excluding steroid dienone is 1. The fourth-order valence-electron chi connectivity index (χ4n) is 2.38. The van der Waals surface area contributed by atoms with Crippen LogP contribution in [0.5, 0.6) is 11.5 Å². The highest BCUT2D eigenvalue weighted by atomic mass is 32.1. The van der Waals surface area contributed by atoms with Gasteiger partial charge in [-0.3, -0.25) is 4.79 Å². The van der Waals surface area contributed by atoms with E-state index < -0.39 is 0 Å². The van der Waals surface area contributed by atoms with E-state index in [4.69, 9.17) is 9.47 Å². The molecule has 3 aromatic rings. The van der Waals surface area contributed by atoms with Crippen molar-refractivity contribution in [3.05, 3.63) is 67.8 Å². The highest BCUT2D eigenvalue weighted by molar-refractivity contribution is 7.12. The van der Waals surface area contributed by atoms with Crippen LogP contribution in [-0.4, -0.2) is 17.9 Å². The number of hydrogen-bond donors (Lipinski definition) is 0. The number of ether oxygens (including phenoxy) is 2. The van der Waals surface area contributed by atoms with E-state index in [1.807, 2.05) is 18.4 Å². The minimum atomic E-state index is -0.286. The second-order valence-electron chi connectivity index (χ2n) is 5.53. The fraction of sp³-hybridized carbons (Fsp3) is 0.150. The molecular weight excluding hydrogens is 380 g/mol. The van der Waals surface area contributed by atoms with Crippen molar-refractivity contribution >= 4 is 34.5 Å². The van der Waals surface area contributed by atoms with E-state index in [1.165, 1.54) is 11.3 Å². The topological polar surface area (TPSA) is 72.2 Å². The Kier molecular flexibility index (Phi) is 6.01. The van der Waals surface area contributed by atoms with E-state index in [2.05, 4.69) is 4.98 Å². The molecule has 2 aromatic heterocycles. The van der Waals surface area contributed by atoms with Gasteiger partial charge in [0.05, 0.1) is 22.7 Å². The van der Waals surface area contributed by atoms with Crippen molar-refractivity contribution in [1.82, 2.24) is 4.98 Å². The average molecular weight is 396 g/mol. The lowest BCUT2D eigenvalue weighted by Crippen LogP contribution is -2.00. The SMILES string of the molecule is COc1cc(/C=C(\C#N)C(=O)c2cccs2)ccc1OCc1csc(C)n1. The molecule has 0 atom stereocenters. The number of carbonyl (C=O) groups excluding carboxylic acids is 1. The first-order valence-electron chi connectivity index (χ1n) is 8.02. The Morgan fingerprint density at radius 3 is 2.78 bits per heavy atom. The number of thiophene rings is 1. The number of rotatable bonds is 7. The number of methoxy groups -OCH3 is 1. The Morgan fingerprint density at radius 1 is 1.30 bits per heavy atom. The third kappa shape index (κ3) is 4.61. The average Bonchev–Trinajstić information content (AvgIpc) is 3.36. The molecular formula is C20H16N2O3S2. The quantitative estimate of drug-likeness (QED) is 0.323. The monoisotopic (exact) mass is 396 g/mol. The molecule has 0 radical (unpaired) electrons. The highest BCUT2D eigenvalue weighted by Gasteiger charge is 2.14. The first-order valence-corrected chi connectivity index (χ1v) is 9.78. The maximum absolute atomic E-state index is 12.4. The normalized spacial score (nSPS) is 11.1. The summed E-state index contributed by atoms with van der Waals surface area (Å²) >= 11 is 2.88. The molecule has 0 fully saturated rings. The van der Waals surface area contributed by atoms with Gasteiger partial charge in [0.1, 0.15) is 18.2 Å². The molecule has 0 unspecified atom stereocenters. The first-order chi connectivity index (χ1) is 13.1. The maximum Gasteiger partial charge on any atom is 0.213 e. The summed E-state index contributed by atoms with van der Waals surface area (Å²) in [5.74, 6) is 0.811. The van der Waals surface area contributed by atoms with Crippen molar-refractivity contribution in [2.24, 2.45) is 0 Å². The van der Waals surface area contributed by atoms with E-state index in [9.17, 15) is 10.1 Å². The molecule has 0 saturated carbocycles. The summed E-state index contributed by atoms with van der Waals surface area (Å²) in [6.45, 7) is 2.29. The van der Waals surface area contributed by atoms with Crippen LogP contribution >= 0.6 is 22.7 Å². The molecule has 3 rings (SSSR count).